The molecule has 0 bridgehead atoms. The topological polar surface area (TPSA) is 75.3 Å². The Kier molecular flexibility index (Phi) is 7.08. The molecular formula is C19H29ClN2O2. The number of carbonyl (C=O) groups excluding carboxylic acids is 1. The highest BCUT2D eigenvalue weighted by molar-refractivity contribution is 5.85. The molecule has 0 aliphatic heterocycles. The molecule has 2 aliphatic carbocycles. The summed E-state index contributed by atoms with van der Waals surface area (Å²) < 4.78 is 0. The number of carbonyl (C=O) groups is 1. The lowest BCUT2D eigenvalue weighted by atomic mass is 9.84. The van der Waals surface area contributed by atoms with Crippen molar-refractivity contribution in [3.8, 4) is 0 Å². The quantitative estimate of drug-likeness (QED) is 0.736. The van der Waals surface area contributed by atoms with Crippen LogP contribution in [0.3, 0.4) is 0 Å². The van der Waals surface area contributed by atoms with Gasteiger partial charge in [-0.2, -0.15) is 0 Å². The molecule has 0 radical (unpaired) electrons. The van der Waals surface area contributed by atoms with Gasteiger partial charge in [0.25, 0.3) is 5.91 Å². The average Bonchev–Trinajstić information content (AvgIpc) is 3.35. The van der Waals surface area contributed by atoms with Crippen molar-refractivity contribution in [1.29, 1.82) is 0 Å². The maximum atomic E-state index is 12.2. The van der Waals surface area contributed by atoms with Gasteiger partial charge in [-0.25, -0.2) is 0 Å². The van der Waals surface area contributed by atoms with Crippen molar-refractivity contribution in [3.63, 3.8) is 0 Å². The number of nitrogens with one attached hydrogen (secondary N) is 1. The Morgan fingerprint density at radius 1 is 1.21 bits per heavy atom. The Morgan fingerprint density at radius 3 is 2.54 bits per heavy atom. The van der Waals surface area contributed by atoms with Crippen LogP contribution in [0.25, 0.3) is 0 Å². The molecule has 0 saturated heterocycles. The van der Waals surface area contributed by atoms with E-state index in [1.807, 2.05) is 18.2 Å². The number of aliphatic hydroxyl groups is 1. The van der Waals surface area contributed by atoms with Crippen LogP contribution in [0.4, 0.5) is 0 Å². The maximum Gasteiger partial charge on any atom is 0.250 e. The summed E-state index contributed by atoms with van der Waals surface area (Å²) >= 11 is 0. The number of nitrogens with two attached hydrogens (primary N) is 1. The van der Waals surface area contributed by atoms with Crippen LogP contribution in [0.1, 0.15) is 56.4 Å². The van der Waals surface area contributed by atoms with Crippen LogP contribution in [0.15, 0.2) is 30.3 Å². The zero-order chi connectivity index (χ0) is 16.2. The van der Waals surface area contributed by atoms with Gasteiger partial charge >= 0.3 is 0 Å². The average molecular weight is 353 g/mol. The van der Waals surface area contributed by atoms with E-state index in [2.05, 4.69) is 17.4 Å². The standard InChI is InChI=1S/C19H28N2O2.ClH/c20-16(11-13-7-3-1-4-8-13)18(22)19(23)21-17-12-15(17)14-9-5-2-6-10-14;/h2,5-6,9-10,13,15-18,22H,1,3-4,7-8,11-12,20H2,(H,21,23);1H/t15-,16-,17+,18?;/m1./s1. The number of amides is 1. The van der Waals surface area contributed by atoms with E-state index in [1.54, 1.807) is 0 Å². The third kappa shape index (κ3) is 4.95. The maximum absolute atomic E-state index is 12.2. The van der Waals surface area contributed by atoms with Crippen LogP contribution in [-0.2, 0) is 4.79 Å². The summed E-state index contributed by atoms with van der Waals surface area (Å²) in [7, 11) is 0. The van der Waals surface area contributed by atoms with E-state index in [9.17, 15) is 9.90 Å². The Morgan fingerprint density at radius 2 is 1.88 bits per heavy atom. The smallest absolute Gasteiger partial charge is 0.250 e. The van der Waals surface area contributed by atoms with Gasteiger partial charge in [0.15, 0.2) is 0 Å². The first-order valence-electron chi connectivity index (χ1n) is 8.94. The summed E-state index contributed by atoms with van der Waals surface area (Å²) in [4.78, 5) is 12.2. The summed E-state index contributed by atoms with van der Waals surface area (Å²) in [5.74, 6) is 0.637. The van der Waals surface area contributed by atoms with Gasteiger partial charge in [-0.3, -0.25) is 4.79 Å². The molecule has 3 rings (SSSR count). The number of hydrogen-bond donors (Lipinski definition) is 3. The number of benzene rings is 1. The van der Waals surface area contributed by atoms with E-state index < -0.39 is 12.1 Å². The predicted octanol–water partition coefficient (Wildman–Crippen LogP) is 2.74. The van der Waals surface area contributed by atoms with Gasteiger partial charge in [0.1, 0.15) is 6.10 Å². The molecule has 1 unspecified atom stereocenters. The van der Waals surface area contributed by atoms with Crippen molar-refractivity contribution in [1.82, 2.24) is 5.32 Å². The fourth-order valence-corrected chi connectivity index (χ4v) is 3.82. The zero-order valence-electron chi connectivity index (χ0n) is 14.1. The van der Waals surface area contributed by atoms with Crippen molar-refractivity contribution >= 4 is 18.3 Å². The summed E-state index contributed by atoms with van der Waals surface area (Å²) in [6.45, 7) is 0. The molecule has 2 fully saturated rings. The Bertz CT molecular complexity index is 519. The summed E-state index contributed by atoms with van der Waals surface area (Å²) in [6, 6.07) is 9.88. The van der Waals surface area contributed by atoms with Gasteiger partial charge in [0.05, 0.1) is 0 Å². The number of aliphatic hydroxyl groups excluding tert-OH is 1. The normalized spacial score (nSPS) is 26.1. The van der Waals surface area contributed by atoms with Crippen LogP contribution < -0.4 is 11.1 Å². The Hall–Kier alpha value is -1.10. The molecule has 1 amide bonds. The summed E-state index contributed by atoms with van der Waals surface area (Å²) in [5, 5.41) is 13.2. The van der Waals surface area contributed by atoms with E-state index in [-0.39, 0.29) is 24.4 Å². The number of hydrogen-bond acceptors (Lipinski definition) is 3. The summed E-state index contributed by atoms with van der Waals surface area (Å²) in [6.07, 6.45) is 6.77. The second-order valence-electron chi connectivity index (χ2n) is 7.22. The molecule has 0 heterocycles. The van der Waals surface area contributed by atoms with Gasteiger partial charge in [-0.15, -0.1) is 12.4 Å². The molecule has 4 nitrogen and oxygen atoms in total. The minimum absolute atomic E-state index is 0. The molecule has 1 aromatic rings. The van der Waals surface area contributed by atoms with Crippen LogP contribution in [0.2, 0.25) is 0 Å². The van der Waals surface area contributed by atoms with E-state index in [4.69, 9.17) is 5.73 Å². The van der Waals surface area contributed by atoms with Gasteiger partial charge in [0, 0.05) is 18.0 Å². The second kappa shape index (κ2) is 8.84. The fraction of sp³-hybridized carbons (Fsp3) is 0.632. The highest BCUT2D eigenvalue weighted by Crippen LogP contribution is 2.40. The first kappa shape index (κ1) is 19.2. The predicted molar refractivity (Wildman–Crippen MR) is 98.2 cm³/mol. The van der Waals surface area contributed by atoms with Crippen molar-refractivity contribution < 1.29 is 9.90 Å². The molecule has 24 heavy (non-hydrogen) atoms. The minimum atomic E-state index is -1.09. The monoisotopic (exact) mass is 352 g/mol. The van der Waals surface area contributed by atoms with Crippen molar-refractivity contribution in [2.45, 2.75) is 69.1 Å². The lowest BCUT2D eigenvalue weighted by molar-refractivity contribution is -0.130. The van der Waals surface area contributed by atoms with Crippen LogP contribution in [0, 0.1) is 5.92 Å². The largest absolute Gasteiger partial charge is 0.382 e. The first-order valence-corrected chi connectivity index (χ1v) is 8.94. The van der Waals surface area contributed by atoms with Crippen molar-refractivity contribution in [2.75, 3.05) is 0 Å². The van der Waals surface area contributed by atoms with Crippen LogP contribution >= 0.6 is 12.4 Å². The van der Waals surface area contributed by atoms with Gasteiger partial charge in [0.2, 0.25) is 0 Å². The van der Waals surface area contributed by atoms with Gasteiger partial charge < -0.3 is 16.2 Å². The van der Waals surface area contributed by atoms with E-state index >= 15 is 0 Å². The minimum Gasteiger partial charge on any atom is -0.382 e. The van der Waals surface area contributed by atoms with E-state index in [1.165, 1.54) is 37.7 Å². The van der Waals surface area contributed by atoms with Crippen molar-refractivity contribution in [2.24, 2.45) is 11.7 Å². The molecule has 2 aliphatic rings. The lowest BCUT2D eigenvalue weighted by Gasteiger charge is -2.26. The number of halogens is 1. The van der Waals surface area contributed by atoms with Crippen LogP contribution in [-0.4, -0.2) is 29.2 Å². The van der Waals surface area contributed by atoms with Crippen molar-refractivity contribution in [3.05, 3.63) is 35.9 Å². The molecule has 4 N–H and O–H groups in total. The second-order valence-corrected chi connectivity index (χ2v) is 7.22. The van der Waals surface area contributed by atoms with Gasteiger partial charge in [-0.05, 0) is 24.3 Å². The molecule has 134 valence electrons. The molecule has 1 aromatic carbocycles. The molecule has 0 spiro atoms. The van der Waals surface area contributed by atoms with Gasteiger partial charge in [-0.1, -0.05) is 62.4 Å². The highest BCUT2D eigenvalue weighted by atomic mass is 35.5. The summed E-state index contributed by atoms with van der Waals surface area (Å²) in [5.41, 5.74) is 7.33. The molecule has 2 saturated carbocycles. The number of rotatable bonds is 6. The molecule has 5 heteroatoms. The molecular weight excluding hydrogens is 324 g/mol. The zero-order valence-corrected chi connectivity index (χ0v) is 14.9. The SMILES string of the molecule is Cl.N[C@H](CC1CCCCC1)C(O)C(=O)N[C@H]1C[C@@H]1c1ccccc1. The molecule has 0 aromatic heterocycles. The third-order valence-electron chi connectivity index (χ3n) is 5.35. The Balaban J connectivity index is 0.00000208. The van der Waals surface area contributed by atoms with E-state index in [0.717, 1.165) is 12.8 Å². The molecule has 4 atom stereocenters. The van der Waals surface area contributed by atoms with E-state index in [0.29, 0.717) is 11.8 Å². The first-order chi connectivity index (χ1) is 11.1. The third-order valence-corrected chi connectivity index (χ3v) is 5.35. The highest BCUT2D eigenvalue weighted by Gasteiger charge is 2.40. The Labute approximate surface area is 150 Å². The fourth-order valence-electron chi connectivity index (χ4n) is 3.82. The lowest BCUT2D eigenvalue weighted by Crippen LogP contribution is -2.48. The van der Waals surface area contributed by atoms with Crippen LogP contribution in [0.5, 0.6) is 0 Å².